The van der Waals surface area contributed by atoms with Gasteiger partial charge >= 0.3 is 0 Å². The van der Waals surface area contributed by atoms with E-state index in [0.717, 1.165) is 25.0 Å². The van der Waals surface area contributed by atoms with E-state index in [1.165, 1.54) is 12.1 Å². The fourth-order valence-electron chi connectivity index (χ4n) is 4.47. The molecular weight excluding hydrogens is 439 g/mol. The maximum Gasteiger partial charge on any atom is 0.240 e. The highest BCUT2D eigenvalue weighted by Crippen LogP contribution is 2.37. The fraction of sp³-hybridized carbons (Fsp3) is 0.619. The van der Waals surface area contributed by atoms with Crippen molar-refractivity contribution in [3.8, 4) is 0 Å². The van der Waals surface area contributed by atoms with Gasteiger partial charge in [0.05, 0.1) is 35.9 Å². The number of nitrogens with zero attached hydrogens (tertiary/aromatic N) is 3. The molecule has 2 aliphatic rings. The number of sulfonamides is 1. The zero-order chi connectivity index (χ0) is 22.8. The predicted molar refractivity (Wildman–Crippen MR) is 112 cm³/mol. The highest BCUT2D eigenvalue weighted by atomic mass is 32.2. The topological polar surface area (TPSA) is 127 Å². The van der Waals surface area contributed by atoms with Gasteiger partial charge in [0.2, 0.25) is 10.0 Å². The molecule has 3 atom stereocenters. The maximum absolute atomic E-state index is 13.1. The number of hydrogen-bond acceptors (Lipinski definition) is 7. The minimum Gasteiger partial charge on any atom is -0.394 e. The lowest BCUT2D eigenvalue weighted by atomic mass is 9.98. The Morgan fingerprint density at radius 2 is 1.94 bits per heavy atom. The molecule has 1 aliphatic heterocycles. The van der Waals surface area contributed by atoms with Crippen LogP contribution in [-0.4, -0.2) is 58.5 Å². The molecule has 176 valence electrons. The van der Waals surface area contributed by atoms with E-state index in [9.17, 15) is 23.0 Å². The van der Waals surface area contributed by atoms with Gasteiger partial charge in [0.1, 0.15) is 17.1 Å². The van der Waals surface area contributed by atoms with E-state index in [4.69, 9.17) is 4.74 Å². The number of hydrogen-bond donors (Lipinski definition) is 3. The summed E-state index contributed by atoms with van der Waals surface area (Å²) >= 11 is 0. The third-order valence-corrected chi connectivity index (χ3v) is 7.86. The van der Waals surface area contributed by atoms with Crippen LogP contribution in [0.4, 0.5) is 4.39 Å². The number of aromatic nitrogens is 3. The van der Waals surface area contributed by atoms with Gasteiger partial charge in [-0.15, -0.1) is 5.10 Å². The van der Waals surface area contributed by atoms with Gasteiger partial charge in [-0.2, -0.15) is 0 Å². The lowest BCUT2D eigenvalue weighted by Gasteiger charge is -2.36. The average molecular weight is 469 g/mol. The molecule has 0 bridgehead atoms. The smallest absolute Gasteiger partial charge is 0.240 e. The van der Waals surface area contributed by atoms with E-state index in [1.807, 2.05) is 0 Å². The van der Waals surface area contributed by atoms with Crippen LogP contribution in [0.15, 0.2) is 35.4 Å². The van der Waals surface area contributed by atoms with E-state index in [-0.39, 0.29) is 17.6 Å². The highest BCUT2D eigenvalue weighted by molar-refractivity contribution is 7.89. The standard InChI is InChI=1S/C21H29FN4O5S/c22-15-3-6-17(7-4-15)32(29,30)24-18-8-5-16(31-19(18)14-27)9-12-26-13-20(23-25-26)21(28)10-1-2-11-21/h3-4,6-7,13,16,18-19,24,27-28H,1-2,5,8-12,14H2/t16-,18+,19+/m0/s1. The summed E-state index contributed by atoms with van der Waals surface area (Å²) in [5.74, 6) is -0.516. The van der Waals surface area contributed by atoms with Crippen LogP contribution < -0.4 is 4.72 Å². The molecule has 1 aliphatic carbocycles. The molecule has 0 radical (unpaired) electrons. The number of halogens is 1. The Bertz CT molecular complexity index is 1010. The van der Waals surface area contributed by atoms with E-state index < -0.39 is 33.6 Å². The number of aryl methyl sites for hydroxylation is 1. The van der Waals surface area contributed by atoms with E-state index in [2.05, 4.69) is 15.0 Å². The normalized spacial score (nSPS) is 25.8. The van der Waals surface area contributed by atoms with Crippen LogP contribution in [0.25, 0.3) is 0 Å². The van der Waals surface area contributed by atoms with Crippen molar-refractivity contribution in [3.63, 3.8) is 0 Å². The molecule has 1 aromatic carbocycles. The Kier molecular flexibility index (Phi) is 6.91. The minimum absolute atomic E-state index is 0.0383. The van der Waals surface area contributed by atoms with Crippen molar-refractivity contribution in [2.75, 3.05) is 6.61 Å². The monoisotopic (exact) mass is 468 g/mol. The van der Waals surface area contributed by atoms with Crippen molar-refractivity contribution in [1.29, 1.82) is 0 Å². The van der Waals surface area contributed by atoms with Gasteiger partial charge in [-0.05, 0) is 56.4 Å². The second-order valence-electron chi connectivity index (χ2n) is 8.63. The summed E-state index contributed by atoms with van der Waals surface area (Å²) in [4.78, 5) is -0.0383. The summed E-state index contributed by atoms with van der Waals surface area (Å²) in [5.41, 5.74) is -0.278. The summed E-state index contributed by atoms with van der Waals surface area (Å²) in [6, 6.07) is 4.00. The van der Waals surface area contributed by atoms with E-state index in [1.54, 1.807) is 10.9 Å². The molecule has 2 fully saturated rings. The van der Waals surface area contributed by atoms with Crippen LogP contribution in [0.3, 0.4) is 0 Å². The first-order valence-corrected chi connectivity index (χ1v) is 12.4. The molecule has 2 aromatic rings. The first-order chi connectivity index (χ1) is 15.3. The lowest BCUT2D eigenvalue weighted by molar-refractivity contribution is -0.0891. The zero-order valence-electron chi connectivity index (χ0n) is 17.7. The lowest BCUT2D eigenvalue weighted by Crippen LogP contribution is -2.50. The molecule has 0 spiro atoms. The molecule has 2 heterocycles. The van der Waals surface area contributed by atoms with Crippen LogP contribution in [0.1, 0.15) is 50.6 Å². The predicted octanol–water partition coefficient (Wildman–Crippen LogP) is 1.46. The molecule has 1 saturated carbocycles. The summed E-state index contributed by atoms with van der Waals surface area (Å²) in [7, 11) is -3.86. The quantitative estimate of drug-likeness (QED) is 0.535. The van der Waals surface area contributed by atoms with Crippen molar-refractivity contribution in [2.24, 2.45) is 0 Å². The number of aliphatic hydroxyl groups excluding tert-OH is 1. The number of ether oxygens (including phenoxy) is 1. The first-order valence-electron chi connectivity index (χ1n) is 11.0. The van der Waals surface area contributed by atoms with Crippen molar-refractivity contribution in [1.82, 2.24) is 19.7 Å². The molecule has 4 rings (SSSR count). The van der Waals surface area contributed by atoms with Crippen LogP contribution in [0, 0.1) is 5.82 Å². The molecule has 3 N–H and O–H groups in total. The van der Waals surface area contributed by atoms with Crippen molar-refractivity contribution >= 4 is 10.0 Å². The van der Waals surface area contributed by atoms with Gasteiger partial charge in [-0.3, -0.25) is 4.68 Å². The van der Waals surface area contributed by atoms with Crippen LogP contribution >= 0.6 is 0 Å². The van der Waals surface area contributed by atoms with Crippen LogP contribution in [0.2, 0.25) is 0 Å². The molecule has 0 amide bonds. The van der Waals surface area contributed by atoms with Gasteiger partial charge < -0.3 is 14.9 Å². The molecule has 32 heavy (non-hydrogen) atoms. The van der Waals surface area contributed by atoms with Crippen molar-refractivity contribution < 1.29 is 27.8 Å². The van der Waals surface area contributed by atoms with E-state index in [0.29, 0.717) is 44.3 Å². The summed E-state index contributed by atoms with van der Waals surface area (Å²) in [6.07, 6.45) is 6.01. The second-order valence-corrected chi connectivity index (χ2v) is 10.3. The second kappa shape index (κ2) is 9.52. The third kappa shape index (κ3) is 5.18. The van der Waals surface area contributed by atoms with Gasteiger partial charge in [0.15, 0.2) is 0 Å². The Hall–Kier alpha value is -1.92. The van der Waals surface area contributed by atoms with Crippen molar-refractivity contribution in [3.05, 3.63) is 42.0 Å². The summed E-state index contributed by atoms with van der Waals surface area (Å²) < 4.78 is 48.5. The molecule has 9 nitrogen and oxygen atoms in total. The summed E-state index contributed by atoms with van der Waals surface area (Å²) in [6.45, 7) is 0.214. The highest BCUT2D eigenvalue weighted by Gasteiger charge is 2.36. The average Bonchev–Trinajstić information content (AvgIpc) is 3.43. The molecule has 1 aromatic heterocycles. The van der Waals surface area contributed by atoms with Crippen molar-refractivity contribution in [2.45, 2.75) is 80.2 Å². The summed E-state index contributed by atoms with van der Waals surface area (Å²) in [5, 5.41) is 28.6. The molecule has 0 unspecified atom stereocenters. The zero-order valence-corrected chi connectivity index (χ0v) is 18.5. The van der Waals surface area contributed by atoms with Gasteiger partial charge in [0, 0.05) is 6.54 Å². The Balaban J connectivity index is 1.32. The van der Waals surface area contributed by atoms with Gasteiger partial charge in [-0.25, -0.2) is 17.5 Å². The SMILES string of the molecule is O=S(=O)(N[C@@H]1CC[C@@H](CCn2cc(C3(O)CCCC3)nn2)O[C@@H]1CO)c1ccc(F)cc1. The maximum atomic E-state index is 13.1. The third-order valence-electron chi connectivity index (χ3n) is 6.35. The first kappa shape index (κ1) is 23.2. The molecular formula is C21H29FN4O5S. The molecule has 11 heteroatoms. The fourth-order valence-corrected chi connectivity index (χ4v) is 5.77. The Morgan fingerprint density at radius 3 is 2.62 bits per heavy atom. The number of rotatable bonds is 8. The van der Waals surface area contributed by atoms with Gasteiger partial charge in [-0.1, -0.05) is 18.1 Å². The van der Waals surface area contributed by atoms with Crippen LogP contribution in [0.5, 0.6) is 0 Å². The Morgan fingerprint density at radius 1 is 1.22 bits per heavy atom. The molecule has 1 saturated heterocycles. The Labute approximate surface area is 186 Å². The van der Waals surface area contributed by atoms with Crippen LogP contribution in [-0.2, 0) is 26.9 Å². The minimum atomic E-state index is -3.86. The number of nitrogens with one attached hydrogen (secondary N) is 1. The van der Waals surface area contributed by atoms with Gasteiger partial charge in [0.25, 0.3) is 0 Å². The largest absolute Gasteiger partial charge is 0.394 e. The van der Waals surface area contributed by atoms with E-state index >= 15 is 0 Å². The number of aliphatic hydroxyl groups is 2. The number of benzene rings is 1.